The lowest BCUT2D eigenvalue weighted by atomic mass is 10.1. The average Bonchev–Trinajstić information content (AvgIpc) is 3.37. The van der Waals surface area contributed by atoms with Gasteiger partial charge in [0, 0.05) is 11.6 Å². The zero-order valence-corrected chi connectivity index (χ0v) is 20.8. The lowest BCUT2D eigenvalue weighted by Crippen LogP contribution is -2.32. The molecule has 210 valence electrons. The molecule has 3 heterocycles. The summed E-state index contributed by atoms with van der Waals surface area (Å²) in [6.07, 6.45) is 2.72. The van der Waals surface area contributed by atoms with E-state index in [1.54, 1.807) is 6.92 Å². The molecule has 4 aromatic rings. The molecule has 1 saturated carbocycles. The molecule has 0 saturated heterocycles. The summed E-state index contributed by atoms with van der Waals surface area (Å²) in [6, 6.07) is 2.46. The highest BCUT2D eigenvalue weighted by Gasteiger charge is 2.31. The number of amides is 1. The Kier molecular flexibility index (Phi) is 7.59. The molecule has 0 bridgehead atoms. The fourth-order valence-electron chi connectivity index (χ4n) is 3.75. The first kappa shape index (κ1) is 27.0. The lowest BCUT2D eigenvalue weighted by Gasteiger charge is -2.15. The summed E-state index contributed by atoms with van der Waals surface area (Å²) in [5.74, 6) is -2.91. The van der Waals surface area contributed by atoms with Crippen LogP contribution in [0.25, 0.3) is 11.5 Å². The van der Waals surface area contributed by atoms with Gasteiger partial charge in [0.25, 0.3) is 5.91 Å². The summed E-state index contributed by atoms with van der Waals surface area (Å²) in [4.78, 5) is 21.4. The number of nitrogens with two attached hydrogens (primary N) is 1. The van der Waals surface area contributed by atoms with Gasteiger partial charge in [0.05, 0.1) is 18.8 Å². The van der Waals surface area contributed by atoms with Crippen molar-refractivity contribution < 1.29 is 36.2 Å². The molecule has 0 radical (unpaired) electrons. The van der Waals surface area contributed by atoms with E-state index in [1.165, 1.54) is 18.2 Å². The van der Waals surface area contributed by atoms with Gasteiger partial charge in [-0.2, -0.15) is 14.0 Å². The molecule has 1 aliphatic carbocycles. The van der Waals surface area contributed by atoms with Crippen LogP contribution in [0.1, 0.15) is 59.6 Å². The van der Waals surface area contributed by atoms with Crippen LogP contribution in [0.4, 0.5) is 17.6 Å². The topological polar surface area (TPSA) is 167 Å². The highest BCUT2D eigenvalue weighted by Crippen LogP contribution is 2.37. The second-order valence-corrected chi connectivity index (χ2v) is 9.01. The van der Waals surface area contributed by atoms with Crippen LogP contribution in [0.2, 0.25) is 0 Å². The average molecular weight is 562 g/mol. The number of aromatic amines is 1. The van der Waals surface area contributed by atoms with Gasteiger partial charge in [0.1, 0.15) is 23.4 Å². The number of H-pyrrole nitrogens is 1. The Morgan fingerprint density at radius 1 is 1.25 bits per heavy atom. The van der Waals surface area contributed by atoms with Crippen LogP contribution in [0.5, 0.6) is 11.5 Å². The summed E-state index contributed by atoms with van der Waals surface area (Å²) in [5.41, 5.74) is 5.67. The molecule has 3 aromatic heterocycles. The minimum atomic E-state index is -3.07. The number of ether oxygens (including phenoxy) is 2. The highest BCUT2D eigenvalue weighted by atomic mass is 19.3. The van der Waals surface area contributed by atoms with Crippen LogP contribution < -0.4 is 20.5 Å². The molecule has 0 aliphatic heterocycles. The monoisotopic (exact) mass is 562 g/mol. The lowest BCUT2D eigenvalue weighted by molar-refractivity contribution is -0.0515. The molecule has 1 aromatic carbocycles. The zero-order valence-electron chi connectivity index (χ0n) is 20.8. The molecule has 2 atom stereocenters. The van der Waals surface area contributed by atoms with Gasteiger partial charge in [0.2, 0.25) is 11.7 Å². The SMILES string of the molecule is C[C@H](N)c1oc(-c2ccc(OC(F)F)c(OCC3CC3)c2)nc1C(=O)NC(c1nn[nH]n1)c1ncc(F)cc1F. The molecule has 4 N–H and O–H groups in total. The van der Waals surface area contributed by atoms with Crippen molar-refractivity contribution in [1.82, 2.24) is 35.9 Å². The van der Waals surface area contributed by atoms with Gasteiger partial charge in [-0.25, -0.2) is 13.8 Å². The Hall–Kier alpha value is -4.60. The molecule has 40 heavy (non-hydrogen) atoms. The summed E-state index contributed by atoms with van der Waals surface area (Å²) in [6.45, 7) is -1.20. The van der Waals surface area contributed by atoms with E-state index in [-0.39, 0.29) is 45.9 Å². The molecule has 1 amide bonds. The van der Waals surface area contributed by atoms with E-state index in [2.05, 4.69) is 40.6 Å². The Labute approximate surface area is 223 Å². The largest absolute Gasteiger partial charge is 0.489 e. The fraction of sp³-hybridized carbons (Fsp3) is 0.333. The van der Waals surface area contributed by atoms with Crippen molar-refractivity contribution in [3.8, 4) is 23.0 Å². The third kappa shape index (κ3) is 6.01. The summed E-state index contributed by atoms with van der Waals surface area (Å²) < 4.78 is 69.9. The number of hydrogen-bond donors (Lipinski definition) is 3. The van der Waals surface area contributed by atoms with E-state index >= 15 is 0 Å². The van der Waals surface area contributed by atoms with Gasteiger partial charge >= 0.3 is 6.61 Å². The molecular weight excluding hydrogens is 540 g/mol. The number of rotatable bonds is 11. The number of aromatic nitrogens is 6. The standard InChI is InChI=1S/C24H22F4N8O4/c1-10(29)20-19(22(37)31-18(21-33-35-36-34-21)17-14(26)7-13(25)8-30-17)32-23(40-20)12-4-5-15(39-24(27)28)16(6-12)38-9-11-2-3-11/h4-8,10-11,18,24H,2-3,9,29H2,1H3,(H,31,37)(H,33,34,35,36)/t10-,18?/m0/s1. The van der Waals surface area contributed by atoms with Crippen molar-refractivity contribution >= 4 is 5.91 Å². The fourth-order valence-corrected chi connectivity index (χ4v) is 3.75. The Morgan fingerprint density at radius 3 is 2.70 bits per heavy atom. The number of oxazole rings is 1. The maximum absolute atomic E-state index is 14.6. The van der Waals surface area contributed by atoms with Gasteiger partial charge in [-0.15, -0.1) is 10.2 Å². The number of carbonyl (C=O) groups is 1. The number of pyridine rings is 1. The smallest absolute Gasteiger partial charge is 0.387 e. The number of alkyl halides is 2. The predicted molar refractivity (Wildman–Crippen MR) is 127 cm³/mol. The quantitative estimate of drug-likeness (QED) is 0.230. The Morgan fingerprint density at radius 2 is 2.05 bits per heavy atom. The maximum Gasteiger partial charge on any atom is 0.387 e. The van der Waals surface area contributed by atoms with E-state index in [0.29, 0.717) is 18.6 Å². The maximum atomic E-state index is 14.6. The van der Waals surface area contributed by atoms with E-state index in [4.69, 9.17) is 14.9 Å². The van der Waals surface area contributed by atoms with Crippen molar-refractivity contribution in [3.05, 3.63) is 65.1 Å². The highest BCUT2D eigenvalue weighted by molar-refractivity contribution is 5.94. The van der Waals surface area contributed by atoms with Gasteiger partial charge < -0.3 is 24.9 Å². The third-order valence-corrected chi connectivity index (χ3v) is 5.87. The van der Waals surface area contributed by atoms with Crippen LogP contribution in [0.15, 0.2) is 34.9 Å². The van der Waals surface area contributed by atoms with Crippen LogP contribution >= 0.6 is 0 Å². The molecular formula is C24H22F4N8O4. The number of halogens is 4. The number of carbonyl (C=O) groups excluding carboxylic acids is 1. The molecule has 1 aliphatic rings. The van der Waals surface area contributed by atoms with Crippen LogP contribution in [-0.4, -0.2) is 49.7 Å². The van der Waals surface area contributed by atoms with Crippen molar-refractivity contribution in [1.29, 1.82) is 0 Å². The first-order valence-corrected chi connectivity index (χ1v) is 12.0. The van der Waals surface area contributed by atoms with E-state index in [0.717, 1.165) is 19.0 Å². The first-order valence-electron chi connectivity index (χ1n) is 12.0. The molecule has 1 fully saturated rings. The van der Waals surface area contributed by atoms with Crippen LogP contribution in [0.3, 0.4) is 0 Å². The predicted octanol–water partition coefficient (Wildman–Crippen LogP) is 3.46. The molecule has 1 unspecified atom stereocenters. The second kappa shape index (κ2) is 11.3. The molecule has 16 heteroatoms. The summed E-state index contributed by atoms with van der Waals surface area (Å²) in [7, 11) is 0. The van der Waals surface area contributed by atoms with E-state index in [1.807, 2.05) is 0 Å². The second-order valence-electron chi connectivity index (χ2n) is 9.01. The third-order valence-electron chi connectivity index (χ3n) is 5.87. The first-order chi connectivity index (χ1) is 19.2. The zero-order chi connectivity index (χ0) is 28.4. The molecule has 0 spiro atoms. The van der Waals surface area contributed by atoms with Crippen LogP contribution in [-0.2, 0) is 0 Å². The van der Waals surface area contributed by atoms with Gasteiger partial charge in [-0.1, -0.05) is 5.21 Å². The number of hydrogen-bond acceptors (Lipinski definition) is 10. The Balaban J connectivity index is 1.47. The van der Waals surface area contributed by atoms with Crippen molar-refractivity contribution in [3.63, 3.8) is 0 Å². The molecule has 5 rings (SSSR count). The minimum absolute atomic E-state index is 0.0275. The van der Waals surface area contributed by atoms with Crippen LogP contribution in [0, 0.1) is 17.6 Å². The van der Waals surface area contributed by atoms with Crippen molar-refractivity contribution in [2.45, 2.75) is 38.5 Å². The van der Waals surface area contributed by atoms with E-state index < -0.39 is 36.2 Å². The van der Waals surface area contributed by atoms with Gasteiger partial charge in [-0.3, -0.25) is 9.78 Å². The Bertz CT molecular complexity index is 1490. The minimum Gasteiger partial charge on any atom is -0.489 e. The van der Waals surface area contributed by atoms with Crippen molar-refractivity contribution in [2.75, 3.05) is 6.61 Å². The number of nitrogens with one attached hydrogen (secondary N) is 2. The number of nitrogens with zero attached hydrogens (tertiary/aromatic N) is 5. The number of tetrazole rings is 1. The van der Waals surface area contributed by atoms with Crippen molar-refractivity contribution in [2.24, 2.45) is 11.7 Å². The van der Waals surface area contributed by atoms with E-state index in [9.17, 15) is 22.4 Å². The van der Waals surface area contributed by atoms with Gasteiger partial charge in [0.15, 0.2) is 23.0 Å². The number of benzene rings is 1. The molecule has 12 nitrogen and oxygen atoms in total. The summed E-state index contributed by atoms with van der Waals surface area (Å²) in [5, 5.41) is 15.7. The van der Waals surface area contributed by atoms with Gasteiger partial charge in [-0.05, 0) is 43.9 Å². The summed E-state index contributed by atoms with van der Waals surface area (Å²) >= 11 is 0. The normalized spacial score (nSPS) is 14.7.